The monoisotopic (exact) mass is 578 g/mol. The highest BCUT2D eigenvalue weighted by molar-refractivity contribution is 5.94. The van der Waals surface area contributed by atoms with Gasteiger partial charge in [0, 0.05) is 55.6 Å². The molecule has 0 aliphatic carbocycles. The summed E-state index contributed by atoms with van der Waals surface area (Å²) in [6.07, 6.45) is 2.12. The summed E-state index contributed by atoms with van der Waals surface area (Å²) in [6, 6.07) is 12.8. The average Bonchev–Trinajstić information content (AvgIpc) is 3.24. The van der Waals surface area contributed by atoms with Crippen LogP contribution in [-0.2, 0) is 17.8 Å². The second-order valence-electron chi connectivity index (χ2n) is 11.2. The summed E-state index contributed by atoms with van der Waals surface area (Å²) < 4.78 is 40.1. The van der Waals surface area contributed by atoms with Gasteiger partial charge in [-0.15, -0.1) is 0 Å². The first-order chi connectivity index (χ1) is 20.2. The standard InChI is InChI=1S/C30H32F2N6O4/c31-26-11-21(34)12-27(32)25(26)17-36-9-7-30(8-10-36)18-38(29(40)42-30)14-22-4-1-19(13-35-22)28(39)37-15-24(16-37)41-23-5-2-20(33)3-6-23/h1-6,11-13,24H,7-10,14-18,33-34H2. The number of nitrogens with zero attached hydrogens (tertiary/aromatic N) is 4. The number of carbonyl (C=O) groups excluding carboxylic acids is 2. The fourth-order valence-electron chi connectivity index (χ4n) is 5.63. The van der Waals surface area contributed by atoms with Crippen LogP contribution in [-0.4, -0.2) is 76.1 Å². The molecule has 3 saturated heterocycles. The maximum Gasteiger partial charge on any atom is 0.410 e. The third kappa shape index (κ3) is 5.80. The summed E-state index contributed by atoms with van der Waals surface area (Å²) in [6.45, 7) is 2.79. The Morgan fingerprint density at radius 1 is 1.00 bits per heavy atom. The molecule has 3 fully saturated rings. The average molecular weight is 579 g/mol. The summed E-state index contributed by atoms with van der Waals surface area (Å²) in [5, 5.41) is 0. The van der Waals surface area contributed by atoms with E-state index in [-0.39, 0.29) is 36.4 Å². The van der Waals surface area contributed by atoms with Gasteiger partial charge in [0.1, 0.15) is 29.1 Å². The number of nitrogen functional groups attached to an aromatic ring is 2. The van der Waals surface area contributed by atoms with E-state index in [0.29, 0.717) is 68.3 Å². The number of carbonyl (C=O) groups is 2. The fraction of sp³-hybridized carbons (Fsp3) is 0.367. The van der Waals surface area contributed by atoms with Gasteiger partial charge in [0.15, 0.2) is 0 Å². The van der Waals surface area contributed by atoms with Crippen molar-refractivity contribution in [2.45, 2.75) is 37.6 Å². The van der Waals surface area contributed by atoms with E-state index >= 15 is 0 Å². The van der Waals surface area contributed by atoms with Crippen molar-refractivity contribution in [1.29, 1.82) is 0 Å². The smallest absolute Gasteiger partial charge is 0.410 e. The molecule has 1 spiro atoms. The molecule has 220 valence electrons. The number of hydrogen-bond donors (Lipinski definition) is 2. The van der Waals surface area contributed by atoms with Gasteiger partial charge in [-0.3, -0.25) is 19.6 Å². The van der Waals surface area contributed by atoms with E-state index in [9.17, 15) is 18.4 Å². The van der Waals surface area contributed by atoms with Gasteiger partial charge in [0.25, 0.3) is 5.91 Å². The maximum atomic E-state index is 14.2. The molecule has 0 radical (unpaired) electrons. The number of nitrogens with two attached hydrogens (primary N) is 2. The molecule has 3 aliphatic heterocycles. The molecule has 0 bridgehead atoms. The zero-order valence-corrected chi connectivity index (χ0v) is 23.0. The van der Waals surface area contributed by atoms with Gasteiger partial charge in [-0.05, 0) is 48.5 Å². The van der Waals surface area contributed by atoms with E-state index in [2.05, 4.69) is 4.98 Å². The maximum absolute atomic E-state index is 14.2. The van der Waals surface area contributed by atoms with Gasteiger partial charge in [-0.1, -0.05) is 0 Å². The number of anilines is 2. The number of hydrogen-bond acceptors (Lipinski definition) is 8. The second-order valence-corrected chi connectivity index (χ2v) is 11.2. The van der Waals surface area contributed by atoms with Crippen LogP contribution >= 0.6 is 0 Å². The lowest BCUT2D eigenvalue weighted by molar-refractivity contribution is -0.00165. The summed E-state index contributed by atoms with van der Waals surface area (Å²) in [7, 11) is 0. The van der Waals surface area contributed by atoms with E-state index < -0.39 is 23.3 Å². The van der Waals surface area contributed by atoms with Crippen molar-refractivity contribution in [1.82, 2.24) is 19.7 Å². The van der Waals surface area contributed by atoms with Crippen molar-refractivity contribution in [3.8, 4) is 5.75 Å². The van der Waals surface area contributed by atoms with E-state index in [1.54, 1.807) is 46.2 Å². The minimum atomic E-state index is -0.663. The number of likely N-dealkylation sites (tertiary alicyclic amines) is 2. The Morgan fingerprint density at radius 2 is 1.69 bits per heavy atom. The van der Waals surface area contributed by atoms with Crippen LogP contribution in [0.4, 0.5) is 25.0 Å². The van der Waals surface area contributed by atoms with E-state index in [4.69, 9.17) is 20.9 Å². The molecule has 0 atom stereocenters. The molecule has 2 aromatic carbocycles. The van der Waals surface area contributed by atoms with Gasteiger partial charge >= 0.3 is 6.09 Å². The van der Waals surface area contributed by atoms with Gasteiger partial charge < -0.3 is 25.8 Å². The van der Waals surface area contributed by atoms with Crippen molar-refractivity contribution in [2.75, 3.05) is 44.2 Å². The third-order valence-electron chi connectivity index (χ3n) is 8.10. The zero-order chi connectivity index (χ0) is 29.4. The van der Waals surface area contributed by atoms with E-state index in [1.807, 2.05) is 4.90 Å². The van der Waals surface area contributed by atoms with Crippen molar-refractivity contribution >= 4 is 23.4 Å². The molecule has 0 saturated carbocycles. The number of aromatic nitrogens is 1. The zero-order valence-electron chi connectivity index (χ0n) is 23.0. The van der Waals surface area contributed by atoms with Crippen LogP contribution in [0, 0.1) is 11.6 Å². The van der Waals surface area contributed by atoms with Gasteiger partial charge in [0.05, 0.1) is 37.4 Å². The quantitative estimate of drug-likeness (QED) is 0.409. The summed E-state index contributed by atoms with van der Waals surface area (Å²) >= 11 is 0. The first-order valence-corrected chi connectivity index (χ1v) is 13.9. The number of rotatable bonds is 7. The number of halogens is 2. The molecule has 1 aromatic heterocycles. The number of piperidine rings is 1. The molecule has 2 amide bonds. The molecule has 42 heavy (non-hydrogen) atoms. The van der Waals surface area contributed by atoms with Crippen LogP contribution in [0.2, 0.25) is 0 Å². The predicted molar refractivity (Wildman–Crippen MR) is 150 cm³/mol. The normalized spacial score (nSPS) is 18.7. The van der Waals surface area contributed by atoms with E-state index in [0.717, 1.165) is 12.1 Å². The number of ether oxygens (including phenoxy) is 2. The number of pyridine rings is 1. The number of amides is 2. The molecule has 3 aliphatic rings. The summed E-state index contributed by atoms with van der Waals surface area (Å²) in [5.41, 5.74) is 12.4. The van der Waals surface area contributed by atoms with Crippen molar-refractivity contribution in [3.05, 3.63) is 83.2 Å². The van der Waals surface area contributed by atoms with Crippen LogP contribution in [0.25, 0.3) is 0 Å². The Hall–Kier alpha value is -4.45. The third-order valence-corrected chi connectivity index (χ3v) is 8.10. The van der Waals surface area contributed by atoms with Crippen LogP contribution < -0.4 is 16.2 Å². The van der Waals surface area contributed by atoms with E-state index in [1.165, 1.54) is 6.20 Å². The lowest BCUT2D eigenvalue weighted by Gasteiger charge is -2.39. The number of benzene rings is 2. The Kier molecular flexibility index (Phi) is 7.31. The van der Waals surface area contributed by atoms with Crippen LogP contribution in [0.5, 0.6) is 5.75 Å². The molecule has 4 N–H and O–H groups in total. The Morgan fingerprint density at radius 3 is 2.33 bits per heavy atom. The van der Waals surface area contributed by atoms with Crippen LogP contribution in [0.3, 0.4) is 0 Å². The van der Waals surface area contributed by atoms with Crippen molar-refractivity contribution in [2.24, 2.45) is 0 Å². The first-order valence-electron chi connectivity index (χ1n) is 13.9. The SMILES string of the molecule is Nc1ccc(OC2CN(C(=O)c3ccc(CN4CC5(CCN(Cc6c(F)cc(N)cc6F)CC5)OC4=O)nc3)C2)cc1. The van der Waals surface area contributed by atoms with Crippen molar-refractivity contribution in [3.63, 3.8) is 0 Å². The van der Waals surface area contributed by atoms with Crippen LogP contribution in [0.1, 0.15) is 34.5 Å². The molecule has 12 heteroatoms. The largest absolute Gasteiger partial charge is 0.487 e. The highest BCUT2D eigenvalue weighted by Gasteiger charge is 2.47. The molecular formula is C30H32F2N6O4. The topological polar surface area (TPSA) is 127 Å². The minimum Gasteiger partial charge on any atom is -0.487 e. The minimum absolute atomic E-state index is 0.0152. The Balaban J connectivity index is 0.981. The Labute approximate surface area is 241 Å². The van der Waals surface area contributed by atoms with Gasteiger partial charge in [-0.25, -0.2) is 13.6 Å². The van der Waals surface area contributed by atoms with Gasteiger partial charge in [0.2, 0.25) is 0 Å². The first kappa shape index (κ1) is 27.7. The highest BCUT2D eigenvalue weighted by Crippen LogP contribution is 2.35. The lowest BCUT2D eigenvalue weighted by atomic mass is 9.91. The van der Waals surface area contributed by atoms with Crippen molar-refractivity contribution < 1.29 is 27.8 Å². The molecule has 3 aromatic rings. The second kappa shape index (κ2) is 11.1. The lowest BCUT2D eigenvalue weighted by Crippen LogP contribution is -2.56. The highest BCUT2D eigenvalue weighted by atomic mass is 19.1. The molecular weight excluding hydrogens is 546 g/mol. The summed E-state index contributed by atoms with van der Waals surface area (Å²) in [5.74, 6) is -0.742. The molecule has 10 nitrogen and oxygen atoms in total. The van der Waals surface area contributed by atoms with Gasteiger partial charge in [-0.2, -0.15) is 0 Å². The molecule has 4 heterocycles. The summed E-state index contributed by atoms with van der Waals surface area (Å²) in [4.78, 5) is 35.2. The molecule has 6 rings (SSSR count). The van der Waals surface area contributed by atoms with Crippen LogP contribution in [0.15, 0.2) is 54.7 Å². The molecule has 0 unspecified atom stereocenters. The fourth-order valence-corrected chi connectivity index (χ4v) is 5.63. The predicted octanol–water partition coefficient (Wildman–Crippen LogP) is 3.41. The Bertz CT molecular complexity index is 1450.